The van der Waals surface area contributed by atoms with Crippen LogP contribution in [0, 0.1) is 0 Å². The van der Waals surface area contributed by atoms with E-state index in [1.54, 1.807) is 54.9 Å². The molecule has 5 aromatic rings. The fourth-order valence-corrected chi connectivity index (χ4v) is 4.60. The van der Waals surface area contributed by atoms with Gasteiger partial charge in [-0.2, -0.15) is 0 Å². The molecule has 0 amide bonds. The van der Waals surface area contributed by atoms with Gasteiger partial charge >= 0.3 is 0 Å². The second-order valence-electron chi connectivity index (χ2n) is 7.42. The van der Waals surface area contributed by atoms with Crippen molar-refractivity contribution >= 4 is 45.7 Å². The molecular formula is C24H15Cl3N4O2. The number of H-pyrrole nitrogens is 1. The molecule has 0 saturated heterocycles. The molecule has 3 aromatic heterocycles. The van der Waals surface area contributed by atoms with Crippen LogP contribution in [0.1, 0.15) is 5.56 Å². The molecule has 0 aliphatic rings. The van der Waals surface area contributed by atoms with Crippen LogP contribution in [0.15, 0.2) is 82.6 Å². The van der Waals surface area contributed by atoms with E-state index in [0.29, 0.717) is 42.9 Å². The van der Waals surface area contributed by atoms with E-state index in [9.17, 15) is 9.59 Å². The van der Waals surface area contributed by atoms with Gasteiger partial charge in [0.2, 0.25) is 0 Å². The van der Waals surface area contributed by atoms with Gasteiger partial charge in [0.25, 0.3) is 11.1 Å². The van der Waals surface area contributed by atoms with Crippen LogP contribution < -0.4 is 11.1 Å². The Morgan fingerprint density at radius 1 is 0.879 bits per heavy atom. The molecule has 2 aromatic carbocycles. The fourth-order valence-electron chi connectivity index (χ4n) is 3.86. The van der Waals surface area contributed by atoms with E-state index < -0.39 is 0 Å². The van der Waals surface area contributed by atoms with Crippen molar-refractivity contribution in [3.63, 3.8) is 0 Å². The summed E-state index contributed by atoms with van der Waals surface area (Å²) in [6.45, 7) is 0.230. The van der Waals surface area contributed by atoms with E-state index in [4.69, 9.17) is 34.8 Å². The Labute approximate surface area is 202 Å². The van der Waals surface area contributed by atoms with Crippen LogP contribution >= 0.6 is 34.8 Å². The number of aromatic nitrogens is 4. The highest BCUT2D eigenvalue weighted by Gasteiger charge is 2.21. The second kappa shape index (κ2) is 8.56. The van der Waals surface area contributed by atoms with Crippen LogP contribution in [0.5, 0.6) is 0 Å². The first-order valence-corrected chi connectivity index (χ1v) is 11.0. The fraction of sp³-hybridized carbons (Fsp3) is 0.0417. The average molecular weight is 498 g/mol. The van der Waals surface area contributed by atoms with Crippen molar-refractivity contribution in [3.8, 4) is 16.9 Å². The predicted molar refractivity (Wildman–Crippen MR) is 132 cm³/mol. The van der Waals surface area contributed by atoms with E-state index >= 15 is 0 Å². The van der Waals surface area contributed by atoms with Gasteiger partial charge in [-0.15, -0.1) is 0 Å². The minimum Gasteiger partial charge on any atom is -0.303 e. The molecule has 0 fully saturated rings. The summed E-state index contributed by atoms with van der Waals surface area (Å²) in [5, 5.41) is 4.51. The van der Waals surface area contributed by atoms with Gasteiger partial charge in [0.05, 0.1) is 33.9 Å². The summed E-state index contributed by atoms with van der Waals surface area (Å²) >= 11 is 18.9. The number of hydrogen-bond donors (Lipinski definition) is 1. The number of benzene rings is 2. The summed E-state index contributed by atoms with van der Waals surface area (Å²) in [6, 6.07) is 16.9. The summed E-state index contributed by atoms with van der Waals surface area (Å²) in [4.78, 5) is 30.9. The Morgan fingerprint density at radius 3 is 2.27 bits per heavy atom. The minimum absolute atomic E-state index is 0.230. The Kier molecular flexibility index (Phi) is 5.58. The van der Waals surface area contributed by atoms with Gasteiger partial charge in [-0.25, -0.2) is 4.68 Å². The summed E-state index contributed by atoms with van der Waals surface area (Å²) < 4.78 is 2.87. The lowest BCUT2D eigenvalue weighted by molar-refractivity contribution is 0.773. The maximum absolute atomic E-state index is 13.6. The maximum atomic E-state index is 13.6. The highest BCUT2D eigenvalue weighted by atomic mass is 35.5. The first-order chi connectivity index (χ1) is 15.9. The molecule has 6 nitrogen and oxygen atoms in total. The lowest BCUT2D eigenvalue weighted by Crippen LogP contribution is -2.23. The van der Waals surface area contributed by atoms with Gasteiger partial charge in [-0.1, -0.05) is 46.9 Å². The van der Waals surface area contributed by atoms with Crippen molar-refractivity contribution in [1.82, 2.24) is 19.3 Å². The third kappa shape index (κ3) is 3.97. The zero-order chi connectivity index (χ0) is 23.1. The van der Waals surface area contributed by atoms with Crippen LogP contribution in [0.25, 0.3) is 27.8 Å². The van der Waals surface area contributed by atoms with Crippen molar-refractivity contribution in [2.75, 3.05) is 0 Å². The van der Waals surface area contributed by atoms with Crippen LogP contribution in [-0.4, -0.2) is 19.3 Å². The van der Waals surface area contributed by atoms with Crippen molar-refractivity contribution in [3.05, 3.63) is 114 Å². The molecule has 0 unspecified atom stereocenters. The topological polar surface area (TPSA) is 72.7 Å². The molecule has 0 bridgehead atoms. The number of aromatic amines is 1. The molecule has 33 heavy (non-hydrogen) atoms. The van der Waals surface area contributed by atoms with E-state index in [1.165, 1.54) is 15.3 Å². The highest BCUT2D eigenvalue weighted by molar-refractivity contribution is 6.35. The number of fused-ring (bicyclic) bond motifs is 1. The minimum atomic E-state index is -0.354. The van der Waals surface area contributed by atoms with Crippen molar-refractivity contribution in [2.24, 2.45) is 0 Å². The quantitative estimate of drug-likeness (QED) is 0.354. The first kappa shape index (κ1) is 21.5. The van der Waals surface area contributed by atoms with E-state index in [-0.39, 0.29) is 17.7 Å². The Morgan fingerprint density at radius 2 is 1.58 bits per heavy atom. The first-order valence-electron chi connectivity index (χ1n) is 9.91. The number of pyridine rings is 2. The van der Waals surface area contributed by atoms with E-state index in [2.05, 4.69) is 10.1 Å². The van der Waals surface area contributed by atoms with Gasteiger partial charge in [-0.3, -0.25) is 19.7 Å². The zero-order valence-corrected chi connectivity index (χ0v) is 19.2. The molecule has 0 aliphatic carbocycles. The smallest absolute Gasteiger partial charge is 0.281 e. The standard InChI is InChI=1S/C24H15Cl3N4O2/c25-16-9-15(10-17(26)11-16)23-22-19(12-21(32)30(23)13-14-5-7-28-8-6-14)29-31(24(22)33)20-4-2-1-3-18(20)27/h1-12,29H,13H2. The predicted octanol–water partition coefficient (Wildman–Crippen LogP) is 5.55. The average Bonchev–Trinajstić information content (AvgIpc) is 3.10. The Hall–Kier alpha value is -3.32. The van der Waals surface area contributed by atoms with Crippen LogP contribution in [0.4, 0.5) is 0 Å². The normalized spacial score (nSPS) is 11.2. The molecule has 0 spiro atoms. The SMILES string of the molecule is O=c1c2c(-c3cc(Cl)cc(Cl)c3)n(Cc3ccncc3)c(=O)cc2[nH]n1-c1ccccc1Cl. The van der Waals surface area contributed by atoms with Gasteiger partial charge in [0, 0.05) is 34.1 Å². The Balaban J connectivity index is 1.87. The van der Waals surface area contributed by atoms with Gasteiger partial charge in [-0.05, 0) is 48.0 Å². The van der Waals surface area contributed by atoms with E-state index in [0.717, 1.165) is 5.56 Å². The second-order valence-corrected chi connectivity index (χ2v) is 8.70. The monoisotopic (exact) mass is 496 g/mol. The zero-order valence-electron chi connectivity index (χ0n) is 16.9. The molecular weight excluding hydrogens is 483 g/mol. The van der Waals surface area contributed by atoms with Crippen LogP contribution in [-0.2, 0) is 6.54 Å². The van der Waals surface area contributed by atoms with E-state index in [1.807, 2.05) is 12.1 Å². The molecule has 5 rings (SSSR count). The third-order valence-electron chi connectivity index (χ3n) is 5.28. The molecule has 0 atom stereocenters. The molecule has 0 radical (unpaired) electrons. The van der Waals surface area contributed by atoms with Crippen molar-refractivity contribution in [1.29, 1.82) is 0 Å². The molecule has 9 heteroatoms. The summed E-state index contributed by atoms with van der Waals surface area (Å²) in [5.74, 6) is 0. The molecule has 0 saturated carbocycles. The number of rotatable bonds is 4. The number of halogens is 3. The Bertz CT molecular complexity index is 1600. The number of nitrogens with one attached hydrogen (secondary N) is 1. The van der Waals surface area contributed by atoms with Crippen molar-refractivity contribution < 1.29 is 0 Å². The third-order valence-corrected chi connectivity index (χ3v) is 6.03. The largest absolute Gasteiger partial charge is 0.303 e. The van der Waals surface area contributed by atoms with Gasteiger partial charge < -0.3 is 4.57 Å². The summed E-state index contributed by atoms with van der Waals surface area (Å²) in [7, 11) is 0. The van der Waals surface area contributed by atoms with Crippen LogP contribution in [0.2, 0.25) is 15.1 Å². The lowest BCUT2D eigenvalue weighted by atomic mass is 10.1. The van der Waals surface area contributed by atoms with Gasteiger partial charge in [0.1, 0.15) is 0 Å². The molecule has 164 valence electrons. The molecule has 1 N–H and O–H groups in total. The summed E-state index contributed by atoms with van der Waals surface area (Å²) in [5.41, 5.74) is 2.01. The maximum Gasteiger partial charge on any atom is 0.281 e. The van der Waals surface area contributed by atoms with Crippen molar-refractivity contribution in [2.45, 2.75) is 6.54 Å². The van der Waals surface area contributed by atoms with Crippen LogP contribution in [0.3, 0.4) is 0 Å². The summed E-state index contributed by atoms with van der Waals surface area (Å²) in [6.07, 6.45) is 3.30. The lowest BCUT2D eigenvalue weighted by Gasteiger charge is -2.14. The van der Waals surface area contributed by atoms with Gasteiger partial charge in [0.15, 0.2) is 0 Å². The highest BCUT2D eigenvalue weighted by Crippen LogP contribution is 2.31. The molecule has 0 aliphatic heterocycles. The number of para-hydroxylation sites is 1. The number of nitrogens with zero attached hydrogens (tertiary/aromatic N) is 3. The molecule has 3 heterocycles. The number of hydrogen-bond acceptors (Lipinski definition) is 3.